The number of nitrogens with one attached hydrogen (secondary N) is 1. The molecule has 8 heteroatoms. The molecule has 0 unspecified atom stereocenters. The van der Waals surface area contributed by atoms with E-state index in [-0.39, 0.29) is 17.5 Å². The summed E-state index contributed by atoms with van der Waals surface area (Å²) in [6, 6.07) is 17.2. The second kappa shape index (κ2) is 11.7. The van der Waals surface area contributed by atoms with Crippen molar-refractivity contribution in [2.45, 2.75) is 81.8 Å². The van der Waals surface area contributed by atoms with Crippen LogP contribution in [-0.2, 0) is 23.2 Å². The maximum atomic E-state index is 13.6. The first kappa shape index (κ1) is 28.5. The van der Waals surface area contributed by atoms with Crippen molar-refractivity contribution in [3.8, 4) is 11.1 Å². The van der Waals surface area contributed by atoms with Crippen LogP contribution in [-0.4, -0.2) is 32.4 Å². The van der Waals surface area contributed by atoms with Gasteiger partial charge < -0.3 is 15.0 Å². The smallest absolute Gasteiger partial charge is 0.256 e. The molecule has 222 valence electrons. The number of aromatic nitrogens is 2. The third kappa shape index (κ3) is 5.59. The molecule has 6 nitrogen and oxygen atoms in total. The van der Waals surface area contributed by atoms with Gasteiger partial charge >= 0.3 is 0 Å². The highest BCUT2D eigenvalue weighted by Crippen LogP contribution is 2.54. The zero-order valence-corrected chi connectivity index (χ0v) is 25.7. The van der Waals surface area contributed by atoms with E-state index in [1.165, 1.54) is 42.5 Å². The highest BCUT2D eigenvalue weighted by molar-refractivity contribution is 7.10. The van der Waals surface area contributed by atoms with Crippen LogP contribution in [0.1, 0.15) is 96.5 Å². The van der Waals surface area contributed by atoms with E-state index >= 15 is 0 Å². The van der Waals surface area contributed by atoms with E-state index in [0.717, 1.165) is 35.5 Å². The van der Waals surface area contributed by atoms with Crippen LogP contribution in [0.25, 0.3) is 11.1 Å². The van der Waals surface area contributed by atoms with E-state index in [1.807, 2.05) is 53.8 Å². The molecule has 3 heterocycles. The number of aliphatic hydroxyl groups excluding tert-OH is 1. The lowest BCUT2D eigenvalue weighted by atomic mass is 9.85. The fraction of sp³-hybridized carbons (Fsp3) is 0.400. The number of fused-ring (bicyclic) bond motifs is 1. The Balaban J connectivity index is 1.11. The van der Waals surface area contributed by atoms with E-state index in [9.17, 15) is 14.7 Å². The Morgan fingerprint density at radius 1 is 1.05 bits per heavy atom. The first-order valence-corrected chi connectivity index (χ1v) is 16.7. The van der Waals surface area contributed by atoms with Gasteiger partial charge in [0, 0.05) is 16.4 Å². The van der Waals surface area contributed by atoms with Gasteiger partial charge in [-0.15, -0.1) is 11.3 Å². The summed E-state index contributed by atoms with van der Waals surface area (Å²) in [5, 5.41) is 14.1. The van der Waals surface area contributed by atoms with Crippen LogP contribution < -0.4 is 5.56 Å². The fourth-order valence-corrected chi connectivity index (χ4v) is 8.33. The summed E-state index contributed by atoms with van der Waals surface area (Å²) in [6.07, 6.45) is 8.47. The van der Waals surface area contributed by atoms with Crippen LogP contribution in [0.2, 0.25) is 5.02 Å². The number of carbonyl (C=O) groups excluding carboxylic acids is 1. The number of benzene rings is 2. The number of aliphatic hydroxyl groups is 1. The number of aromatic amines is 1. The molecule has 2 aliphatic carbocycles. The van der Waals surface area contributed by atoms with Crippen molar-refractivity contribution in [3.05, 3.63) is 108 Å². The molecule has 3 aliphatic rings. The minimum atomic E-state index is -1.33. The molecule has 0 bridgehead atoms. The third-order valence-corrected chi connectivity index (χ3v) is 11.0. The summed E-state index contributed by atoms with van der Waals surface area (Å²) in [4.78, 5) is 38.2. The Kier molecular flexibility index (Phi) is 7.74. The van der Waals surface area contributed by atoms with Crippen molar-refractivity contribution >= 4 is 28.8 Å². The van der Waals surface area contributed by atoms with Gasteiger partial charge in [-0.05, 0) is 96.3 Å². The summed E-state index contributed by atoms with van der Waals surface area (Å²) in [7, 11) is 0. The van der Waals surface area contributed by atoms with Crippen LogP contribution in [0.5, 0.6) is 0 Å². The number of nitrogens with zero attached hydrogens (tertiary/aromatic N) is 2. The summed E-state index contributed by atoms with van der Waals surface area (Å²) in [5.74, 6) is 1.02. The van der Waals surface area contributed by atoms with Gasteiger partial charge in [0.1, 0.15) is 5.82 Å². The topological polar surface area (TPSA) is 86.3 Å². The third-order valence-electron chi connectivity index (χ3n) is 9.57. The normalized spacial score (nSPS) is 19.0. The lowest BCUT2D eigenvalue weighted by molar-refractivity contribution is -0.141. The molecule has 2 saturated carbocycles. The predicted molar refractivity (Wildman–Crippen MR) is 171 cm³/mol. The van der Waals surface area contributed by atoms with Crippen molar-refractivity contribution in [2.24, 2.45) is 0 Å². The SMILES string of the molecule is O=C([C@H](O)c1cccc(-c2cccc(Cl)c2)c1)N1CCCc2nc(C3(c4cc(C5CCCCC5)cs4)CC3)[nH]c(=O)c2C1. The number of hydrogen-bond acceptors (Lipinski definition) is 5. The van der Waals surface area contributed by atoms with Crippen molar-refractivity contribution < 1.29 is 9.90 Å². The summed E-state index contributed by atoms with van der Waals surface area (Å²) >= 11 is 7.99. The standard InChI is InChI=1S/C35H36ClN3O3S/c36-27-12-5-10-24(18-27)23-9-4-11-25(17-23)31(40)33(42)39-16-6-13-29-28(20-39)32(41)38-34(37-29)35(14-15-35)30-19-26(21-43-30)22-7-2-1-3-8-22/h4-5,9-12,17-19,21-22,31,40H,1-3,6-8,13-16,20H2,(H,37,38,41)/t31-/m1/s1. The molecular formula is C35H36ClN3O3S. The zero-order valence-electron chi connectivity index (χ0n) is 24.2. The van der Waals surface area contributed by atoms with Gasteiger partial charge in [-0.3, -0.25) is 9.59 Å². The zero-order chi connectivity index (χ0) is 29.6. The molecule has 2 aromatic carbocycles. The molecule has 4 aromatic rings. The maximum absolute atomic E-state index is 13.6. The first-order valence-electron chi connectivity index (χ1n) is 15.5. The molecule has 1 atom stereocenters. The van der Waals surface area contributed by atoms with Gasteiger partial charge in [-0.25, -0.2) is 4.98 Å². The lowest BCUT2D eigenvalue weighted by Gasteiger charge is -2.24. The van der Waals surface area contributed by atoms with Gasteiger partial charge in [0.15, 0.2) is 6.10 Å². The minimum Gasteiger partial charge on any atom is -0.378 e. The van der Waals surface area contributed by atoms with Crippen LogP contribution in [0, 0.1) is 0 Å². The van der Waals surface area contributed by atoms with E-state index < -0.39 is 12.0 Å². The molecule has 0 saturated heterocycles. The Morgan fingerprint density at radius 3 is 2.58 bits per heavy atom. The molecule has 7 rings (SSSR count). The molecule has 1 aliphatic heterocycles. The van der Waals surface area contributed by atoms with Gasteiger partial charge in [0.05, 0.1) is 23.2 Å². The van der Waals surface area contributed by atoms with Crippen LogP contribution >= 0.6 is 22.9 Å². The number of halogens is 1. The second-order valence-corrected chi connectivity index (χ2v) is 13.8. The predicted octanol–water partition coefficient (Wildman–Crippen LogP) is 7.29. The number of aryl methyl sites for hydroxylation is 1. The number of thiophene rings is 1. The molecule has 2 aromatic heterocycles. The van der Waals surface area contributed by atoms with Crippen molar-refractivity contribution in [1.82, 2.24) is 14.9 Å². The van der Waals surface area contributed by atoms with Gasteiger partial charge in [-0.2, -0.15) is 0 Å². The van der Waals surface area contributed by atoms with Gasteiger partial charge in [0.25, 0.3) is 11.5 Å². The molecule has 1 amide bonds. The highest BCUT2D eigenvalue weighted by Gasteiger charge is 2.50. The molecule has 0 radical (unpaired) electrons. The lowest BCUT2D eigenvalue weighted by Crippen LogP contribution is -2.36. The van der Waals surface area contributed by atoms with Crippen molar-refractivity contribution in [3.63, 3.8) is 0 Å². The monoisotopic (exact) mass is 613 g/mol. The van der Waals surface area contributed by atoms with E-state index in [2.05, 4.69) is 16.4 Å². The molecule has 2 N–H and O–H groups in total. The molecule has 2 fully saturated rings. The molecule has 43 heavy (non-hydrogen) atoms. The largest absolute Gasteiger partial charge is 0.378 e. The second-order valence-electron chi connectivity index (χ2n) is 12.4. The number of amides is 1. The molecule has 0 spiro atoms. The van der Waals surface area contributed by atoms with E-state index in [1.54, 1.807) is 11.0 Å². The number of hydrogen-bond donors (Lipinski definition) is 2. The van der Waals surface area contributed by atoms with Crippen LogP contribution in [0.15, 0.2) is 64.8 Å². The van der Waals surface area contributed by atoms with E-state index in [0.29, 0.717) is 41.5 Å². The average Bonchev–Trinajstić information content (AvgIpc) is 3.75. The average molecular weight is 614 g/mol. The fourth-order valence-electron chi connectivity index (χ4n) is 6.88. The first-order chi connectivity index (χ1) is 20.9. The molecular weight excluding hydrogens is 578 g/mol. The Labute approximate surface area is 260 Å². The maximum Gasteiger partial charge on any atom is 0.256 e. The summed E-state index contributed by atoms with van der Waals surface area (Å²) < 4.78 is 0. The van der Waals surface area contributed by atoms with Crippen molar-refractivity contribution in [2.75, 3.05) is 6.54 Å². The quantitative estimate of drug-likeness (QED) is 0.239. The Hall–Kier alpha value is -3.26. The van der Waals surface area contributed by atoms with Gasteiger partial charge in [0.2, 0.25) is 0 Å². The summed E-state index contributed by atoms with van der Waals surface area (Å²) in [5.41, 5.74) is 4.67. The van der Waals surface area contributed by atoms with Crippen molar-refractivity contribution in [1.29, 1.82) is 0 Å². The number of rotatable bonds is 6. The van der Waals surface area contributed by atoms with Crippen LogP contribution in [0.3, 0.4) is 0 Å². The number of H-pyrrole nitrogens is 1. The minimum absolute atomic E-state index is 0.139. The van der Waals surface area contributed by atoms with Gasteiger partial charge in [-0.1, -0.05) is 61.2 Å². The van der Waals surface area contributed by atoms with Crippen LogP contribution in [0.4, 0.5) is 0 Å². The Morgan fingerprint density at radius 2 is 1.81 bits per heavy atom. The highest BCUT2D eigenvalue weighted by atomic mass is 35.5. The summed E-state index contributed by atoms with van der Waals surface area (Å²) in [6.45, 7) is 0.593. The van der Waals surface area contributed by atoms with E-state index in [4.69, 9.17) is 16.6 Å². The Bertz CT molecular complexity index is 1720. The number of carbonyl (C=O) groups is 1.